The summed E-state index contributed by atoms with van der Waals surface area (Å²) in [5.74, 6) is 5.75. The van der Waals surface area contributed by atoms with Crippen molar-refractivity contribution in [1.82, 2.24) is 0 Å². The predicted molar refractivity (Wildman–Crippen MR) is 106 cm³/mol. The van der Waals surface area contributed by atoms with E-state index in [-0.39, 0.29) is 0 Å². The molecule has 0 aliphatic carbocycles. The molecule has 0 nitrogen and oxygen atoms in total. The fourth-order valence-electron chi connectivity index (χ4n) is 2.99. The van der Waals surface area contributed by atoms with Crippen molar-refractivity contribution >= 4 is 33.4 Å². The SMILES string of the molecule is C#Cc1c(-c2cccs2)ccc2c(C#C)c(-c3cccs3)ccc12. The molecule has 0 aliphatic heterocycles. The van der Waals surface area contributed by atoms with Gasteiger partial charge in [-0.2, -0.15) is 0 Å². The minimum Gasteiger partial charge on any atom is -0.144 e. The third-order valence-corrected chi connectivity index (χ3v) is 5.87. The maximum atomic E-state index is 5.85. The largest absolute Gasteiger partial charge is 0.144 e. The average molecular weight is 340 g/mol. The van der Waals surface area contributed by atoms with Gasteiger partial charge in [0, 0.05) is 32.0 Å². The first-order valence-electron chi connectivity index (χ1n) is 7.44. The Morgan fingerprint density at radius 1 is 0.625 bits per heavy atom. The van der Waals surface area contributed by atoms with E-state index in [1.165, 1.54) is 9.75 Å². The van der Waals surface area contributed by atoms with Crippen molar-refractivity contribution in [3.63, 3.8) is 0 Å². The standard InChI is InChI=1S/C22H12S2/c1-3-15-17-9-12-20(22-8-6-14-24-22)16(4-2)18(17)10-11-19(15)21-7-5-13-23-21/h1-2,5-14H. The molecule has 0 aliphatic rings. The highest BCUT2D eigenvalue weighted by molar-refractivity contribution is 7.13. The highest BCUT2D eigenvalue weighted by Crippen LogP contribution is 2.37. The molecule has 24 heavy (non-hydrogen) atoms. The van der Waals surface area contributed by atoms with E-state index in [2.05, 4.69) is 59.0 Å². The number of thiophene rings is 2. The zero-order valence-electron chi connectivity index (χ0n) is 12.7. The van der Waals surface area contributed by atoms with E-state index in [1.807, 2.05) is 12.1 Å². The first kappa shape index (κ1) is 14.8. The van der Waals surface area contributed by atoms with Gasteiger partial charge in [-0.1, -0.05) is 48.2 Å². The topological polar surface area (TPSA) is 0 Å². The Kier molecular flexibility index (Phi) is 3.71. The molecule has 2 aromatic carbocycles. The molecule has 0 bridgehead atoms. The van der Waals surface area contributed by atoms with Crippen LogP contribution in [0.15, 0.2) is 59.3 Å². The smallest absolute Gasteiger partial charge is 0.0408 e. The molecule has 0 saturated heterocycles. The van der Waals surface area contributed by atoms with Gasteiger partial charge in [-0.25, -0.2) is 0 Å². The van der Waals surface area contributed by atoms with Crippen LogP contribution in [0.3, 0.4) is 0 Å². The van der Waals surface area contributed by atoms with Crippen molar-refractivity contribution in [3.8, 4) is 45.6 Å². The summed E-state index contributed by atoms with van der Waals surface area (Å²) in [4.78, 5) is 2.35. The lowest BCUT2D eigenvalue weighted by Gasteiger charge is -2.12. The van der Waals surface area contributed by atoms with Crippen LogP contribution in [0, 0.1) is 24.7 Å². The van der Waals surface area contributed by atoms with Crippen LogP contribution in [0.25, 0.3) is 31.7 Å². The van der Waals surface area contributed by atoms with E-state index in [9.17, 15) is 0 Å². The zero-order valence-corrected chi connectivity index (χ0v) is 14.4. The van der Waals surface area contributed by atoms with Gasteiger partial charge in [0.25, 0.3) is 0 Å². The quantitative estimate of drug-likeness (QED) is 0.378. The Labute approximate surface area is 149 Å². The molecule has 2 heterocycles. The molecule has 4 rings (SSSR count). The maximum absolute atomic E-state index is 5.85. The van der Waals surface area contributed by atoms with E-state index < -0.39 is 0 Å². The van der Waals surface area contributed by atoms with E-state index in [4.69, 9.17) is 12.8 Å². The summed E-state index contributed by atoms with van der Waals surface area (Å²) in [6.07, 6.45) is 11.7. The first-order valence-corrected chi connectivity index (χ1v) is 9.20. The summed E-state index contributed by atoms with van der Waals surface area (Å²) in [5, 5.41) is 6.20. The van der Waals surface area contributed by atoms with Crippen LogP contribution in [-0.2, 0) is 0 Å². The summed E-state index contributed by atoms with van der Waals surface area (Å²) < 4.78 is 0. The Morgan fingerprint density at radius 3 is 1.42 bits per heavy atom. The molecular weight excluding hydrogens is 328 g/mol. The number of benzene rings is 2. The third-order valence-electron chi connectivity index (χ3n) is 4.06. The molecule has 0 N–H and O–H groups in total. The molecule has 0 unspecified atom stereocenters. The Balaban J connectivity index is 2.05. The van der Waals surface area contributed by atoms with Crippen molar-refractivity contribution in [2.75, 3.05) is 0 Å². The lowest BCUT2D eigenvalue weighted by atomic mass is 9.92. The summed E-state index contributed by atoms with van der Waals surface area (Å²) in [6, 6.07) is 16.6. The van der Waals surface area contributed by atoms with Crippen molar-refractivity contribution in [2.45, 2.75) is 0 Å². The Bertz CT molecular complexity index is 1010. The lowest BCUT2D eigenvalue weighted by molar-refractivity contribution is 1.66. The fraction of sp³-hybridized carbons (Fsp3) is 0. The van der Waals surface area contributed by atoms with Gasteiger partial charge in [-0.3, -0.25) is 0 Å². The van der Waals surface area contributed by atoms with Crippen molar-refractivity contribution in [2.24, 2.45) is 0 Å². The third kappa shape index (κ3) is 2.25. The van der Waals surface area contributed by atoms with E-state index in [1.54, 1.807) is 22.7 Å². The van der Waals surface area contributed by atoms with Gasteiger partial charge in [-0.05, 0) is 33.7 Å². The normalized spacial score (nSPS) is 10.4. The minimum absolute atomic E-state index is 0.907. The number of hydrogen-bond acceptors (Lipinski definition) is 2. The van der Waals surface area contributed by atoms with Crippen LogP contribution in [0.1, 0.15) is 11.1 Å². The molecule has 0 atom stereocenters. The predicted octanol–water partition coefficient (Wildman–Crippen LogP) is 6.26. The molecule has 0 spiro atoms. The summed E-state index contributed by atoms with van der Waals surface area (Å²) >= 11 is 3.38. The number of rotatable bonds is 2. The van der Waals surface area contributed by atoms with Crippen LogP contribution in [0.2, 0.25) is 0 Å². The van der Waals surface area contributed by atoms with Gasteiger partial charge < -0.3 is 0 Å². The Morgan fingerprint density at radius 2 is 1.08 bits per heavy atom. The number of terminal acetylenes is 2. The summed E-state index contributed by atoms with van der Waals surface area (Å²) in [5.41, 5.74) is 3.99. The minimum atomic E-state index is 0.907. The van der Waals surface area contributed by atoms with Crippen molar-refractivity contribution in [3.05, 3.63) is 70.4 Å². The molecule has 0 radical (unpaired) electrons. The summed E-state index contributed by atoms with van der Waals surface area (Å²) in [6.45, 7) is 0. The van der Waals surface area contributed by atoms with Crippen LogP contribution < -0.4 is 0 Å². The van der Waals surface area contributed by atoms with Crippen molar-refractivity contribution < 1.29 is 0 Å². The monoisotopic (exact) mass is 340 g/mol. The van der Waals surface area contributed by atoms with Crippen LogP contribution in [0.4, 0.5) is 0 Å². The highest BCUT2D eigenvalue weighted by atomic mass is 32.1. The van der Waals surface area contributed by atoms with E-state index in [0.717, 1.165) is 33.0 Å². The molecule has 112 valence electrons. The molecule has 0 amide bonds. The molecule has 2 heteroatoms. The van der Waals surface area contributed by atoms with Gasteiger partial charge in [0.1, 0.15) is 0 Å². The van der Waals surface area contributed by atoms with Gasteiger partial charge in [-0.15, -0.1) is 35.5 Å². The average Bonchev–Trinajstić information content (AvgIpc) is 3.32. The zero-order chi connectivity index (χ0) is 16.5. The van der Waals surface area contributed by atoms with E-state index >= 15 is 0 Å². The fourth-order valence-corrected chi connectivity index (χ4v) is 4.51. The second-order valence-corrected chi connectivity index (χ2v) is 7.21. The summed E-state index contributed by atoms with van der Waals surface area (Å²) in [7, 11) is 0. The molecule has 2 aromatic heterocycles. The van der Waals surface area contributed by atoms with Crippen LogP contribution in [-0.4, -0.2) is 0 Å². The molecular formula is C22H12S2. The van der Waals surface area contributed by atoms with Gasteiger partial charge >= 0.3 is 0 Å². The number of hydrogen-bond donors (Lipinski definition) is 0. The molecule has 0 fully saturated rings. The number of fused-ring (bicyclic) bond motifs is 1. The van der Waals surface area contributed by atoms with Gasteiger partial charge in [0.15, 0.2) is 0 Å². The Hall–Kier alpha value is -2.78. The first-order chi connectivity index (χ1) is 11.8. The van der Waals surface area contributed by atoms with Crippen LogP contribution >= 0.6 is 22.7 Å². The maximum Gasteiger partial charge on any atom is 0.0408 e. The molecule has 4 aromatic rings. The molecule has 0 saturated carbocycles. The van der Waals surface area contributed by atoms with Crippen LogP contribution in [0.5, 0.6) is 0 Å². The second kappa shape index (κ2) is 6.02. The second-order valence-electron chi connectivity index (χ2n) is 5.31. The lowest BCUT2D eigenvalue weighted by Crippen LogP contribution is -1.90. The van der Waals surface area contributed by atoms with Crippen molar-refractivity contribution in [1.29, 1.82) is 0 Å². The van der Waals surface area contributed by atoms with Gasteiger partial charge in [0.05, 0.1) is 0 Å². The van der Waals surface area contributed by atoms with Gasteiger partial charge in [0.2, 0.25) is 0 Å². The highest BCUT2D eigenvalue weighted by Gasteiger charge is 2.14. The van der Waals surface area contributed by atoms with E-state index in [0.29, 0.717) is 0 Å².